The number of benzene rings is 1. The van der Waals surface area contributed by atoms with Crippen molar-refractivity contribution in [1.82, 2.24) is 0 Å². The summed E-state index contributed by atoms with van der Waals surface area (Å²) < 4.78 is 4.85. The van der Waals surface area contributed by atoms with E-state index in [0.29, 0.717) is 17.6 Å². The molecule has 0 radical (unpaired) electrons. The maximum absolute atomic E-state index is 10.7. The van der Waals surface area contributed by atoms with E-state index in [4.69, 9.17) is 4.74 Å². The van der Waals surface area contributed by atoms with Crippen LogP contribution in [-0.4, -0.2) is 12.3 Å². The summed E-state index contributed by atoms with van der Waals surface area (Å²) >= 11 is 0. The zero-order valence-corrected chi connectivity index (χ0v) is 7.53. The number of ether oxygens (including phenoxy) is 1. The fourth-order valence-electron chi connectivity index (χ4n) is 0.982. The average molecular weight is 194 g/mol. The monoisotopic (exact) mass is 194 g/mol. The van der Waals surface area contributed by atoms with Gasteiger partial charge in [-0.3, -0.25) is 9.59 Å². The standard InChI is InChI=1S/C10H10O3.CH4/c1-7-3-4-9(6-11)10(5-7)13-8(2)12;/h3-6H,1-2H3;1H4. The number of carbonyl (C=O) groups excluding carboxylic acids is 2. The SMILES string of the molecule is C.CC(=O)Oc1cc(C)ccc1C=O. The Labute approximate surface area is 83.7 Å². The molecule has 0 saturated heterocycles. The van der Waals surface area contributed by atoms with E-state index < -0.39 is 5.97 Å². The molecule has 76 valence electrons. The van der Waals surface area contributed by atoms with Crippen LogP contribution in [0.15, 0.2) is 18.2 Å². The van der Waals surface area contributed by atoms with Gasteiger partial charge in [0, 0.05) is 6.92 Å². The molecule has 1 aromatic rings. The molecule has 0 amide bonds. The van der Waals surface area contributed by atoms with E-state index in [9.17, 15) is 9.59 Å². The van der Waals surface area contributed by atoms with Crippen molar-refractivity contribution in [2.24, 2.45) is 0 Å². The lowest BCUT2D eigenvalue weighted by Gasteiger charge is -2.04. The number of carbonyl (C=O) groups is 2. The molecule has 14 heavy (non-hydrogen) atoms. The number of rotatable bonds is 2. The zero-order chi connectivity index (χ0) is 9.84. The Bertz CT molecular complexity index is 342. The van der Waals surface area contributed by atoms with Crippen LogP contribution in [0.25, 0.3) is 0 Å². The van der Waals surface area contributed by atoms with Crippen molar-refractivity contribution >= 4 is 12.3 Å². The lowest BCUT2D eigenvalue weighted by Crippen LogP contribution is -2.03. The fourth-order valence-corrected chi connectivity index (χ4v) is 0.982. The van der Waals surface area contributed by atoms with Crippen LogP contribution in [0, 0.1) is 6.92 Å². The third-order valence-corrected chi connectivity index (χ3v) is 1.55. The first kappa shape index (κ1) is 12.4. The maximum Gasteiger partial charge on any atom is 0.308 e. The van der Waals surface area contributed by atoms with Gasteiger partial charge in [-0.25, -0.2) is 0 Å². The predicted octanol–water partition coefficient (Wildman–Crippen LogP) is 2.37. The van der Waals surface area contributed by atoms with E-state index in [-0.39, 0.29) is 7.43 Å². The second-order valence-corrected chi connectivity index (χ2v) is 2.75. The van der Waals surface area contributed by atoms with Gasteiger partial charge in [0.05, 0.1) is 5.56 Å². The van der Waals surface area contributed by atoms with E-state index in [1.54, 1.807) is 18.2 Å². The van der Waals surface area contributed by atoms with Gasteiger partial charge in [-0.1, -0.05) is 13.5 Å². The Kier molecular flexibility index (Phi) is 4.56. The Morgan fingerprint density at radius 2 is 2.07 bits per heavy atom. The molecule has 3 heteroatoms. The van der Waals surface area contributed by atoms with Gasteiger partial charge in [0.25, 0.3) is 0 Å². The Morgan fingerprint density at radius 3 is 2.57 bits per heavy atom. The van der Waals surface area contributed by atoms with Crippen molar-refractivity contribution in [3.05, 3.63) is 29.3 Å². The van der Waals surface area contributed by atoms with Crippen molar-refractivity contribution in [3.63, 3.8) is 0 Å². The highest BCUT2D eigenvalue weighted by Crippen LogP contribution is 2.18. The van der Waals surface area contributed by atoms with Crippen LogP contribution >= 0.6 is 0 Å². The fraction of sp³-hybridized carbons (Fsp3) is 0.273. The van der Waals surface area contributed by atoms with Crippen LogP contribution in [-0.2, 0) is 4.79 Å². The third kappa shape index (κ3) is 3.01. The van der Waals surface area contributed by atoms with Crippen LogP contribution in [0.5, 0.6) is 5.75 Å². The first-order valence-electron chi connectivity index (χ1n) is 3.87. The van der Waals surface area contributed by atoms with Gasteiger partial charge in [0.15, 0.2) is 6.29 Å². The molecular formula is C11H14O3. The molecule has 0 saturated carbocycles. The summed E-state index contributed by atoms with van der Waals surface area (Å²) in [7, 11) is 0. The summed E-state index contributed by atoms with van der Waals surface area (Å²) in [5, 5.41) is 0. The van der Waals surface area contributed by atoms with Gasteiger partial charge in [0.1, 0.15) is 5.75 Å². The number of hydrogen-bond acceptors (Lipinski definition) is 3. The molecule has 3 nitrogen and oxygen atoms in total. The van der Waals surface area contributed by atoms with Crippen LogP contribution in [0.1, 0.15) is 30.3 Å². The lowest BCUT2D eigenvalue weighted by atomic mass is 10.1. The lowest BCUT2D eigenvalue weighted by molar-refractivity contribution is -0.131. The van der Waals surface area contributed by atoms with Gasteiger partial charge in [-0.05, 0) is 24.6 Å². The number of esters is 1. The Morgan fingerprint density at radius 1 is 1.43 bits per heavy atom. The predicted molar refractivity (Wildman–Crippen MR) is 54.6 cm³/mol. The first-order chi connectivity index (χ1) is 6.13. The minimum Gasteiger partial charge on any atom is -0.426 e. The summed E-state index contributed by atoms with van der Waals surface area (Å²) in [6.07, 6.45) is 0.664. The van der Waals surface area contributed by atoms with E-state index in [1.165, 1.54) is 6.92 Å². The van der Waals surface area contributed by atoms with Crippen LogP contribution in [0.2, 0.25) is 0 Å². The van der Waals surface area contributed by atoms with Crippen LogP contribution in [0.4, 0.5) is 0 Å². The maximum atomic E-state index is 10.7. The molecule has 0 aliphatic heterocycles. The summed E-state index contributed by atoms with van der Waals surface area (Å²) in [6.45, 7) is 3.17. The van der Waals surface area contributed by atoms with Gasteiger partial charge in [-0.2, -0.15) is 0 Å². The Hall–Kier alpha value is -1.64. The molecule has 0 atom stereocenters. The molecule has 0 bridgehead atoms. The van der Waals surface area contributed by atoms with Crippen LogP contribution in [0.3, 0.4) is 0 Å². The van der Waals surface area contributed by atoms with Crippen molar-refractivity contribution in [2.75, 3.05) is 0 Å². The van der Waals surface area contributed by atoms with Crippen molar-refractivity contribution < 1.29 is 14.3 Å². The van der Waals surface area contributed by atoms with E-state index in [0.717, 1.165) is 5.56 Å². The largest absolute Gasteiger partial charge is 0.426 e. The van der Waals surface area contributed by atoms with Gasteiger partial charge in [-0.15, -0.1) is 0 Å². The topological polar surface area (TPSA) is 43.4 Å². The second-order valence-electron chi connectivity index (χ2n) is 2.75. The quantitative estimate of drug-likeness (QED) is 0.412. The number of aldehydes is 1. The van der Waals surface area contributed by atoms with E-state index in [2.05, 4.69) is 0 Å². The molecule has 0 aromatic heterocycles. The average Bonchev–Trinajstić information content (AvgIpc) is 2.03. The van der Waals surface area contributed by atoms with E-state index in [1.807, 2.05) is 6.92 Å². The molecule has 0 N–H and O–H groups in total. The minimum absolute atomic E-state index is 0. The van der Waals surface area contributed by atoms with Gasteiger partial charge >= 0.3 is 5.97 Å². The number of aryl methyl sites for hydroxylation is 1. The number of hydrogen-bond donors (Lipinski definition) is 0. The molecular weight excluding hydrogens is 180 g/mol. The molecule has 1 aromatic carbocycles. The molecule has 0 aliphatic rings. The second kappa shape index (κ2) is 5.17. The molecule has 0 unspecified atom stereocenters. The third-order valence-electron chi connectivity index (χ3n) is 1.55. The van der Waals surface area contributed by atoms with Crippen molar-refractivity contribution in [2.45, 2.75) is 21.3 Å². The van der Waals surface area contributed by atoms with Gasteiger partial charge < -0.3 is 4.74 Å². The zero-order valence-electron chi connectivity index (χ0n) is 7.53. The van der Waals surface area contributed by atoms with Crippen molar-refractivity contribution in [1.29, 1.82) is 0 Å². The molecule has 0 fully saturated rings. The normalized spacial score (nSPS) is 8.71. The van der Waals surface area contributed by atoms with Crippen molar-refractivity contribution in [3.8, 4) is 5.75 Å². The van der Waals surface area contributed by atoms with Crippen LogP contribution < -0.4 is 4.74 Å². The smallest absolute Gasteiger partial charge is 0.308 e. The highest BCUT2D eigenvalue weighted by molar-refractivity contribution is 5.82. The summed E-state index contributed by atoms with van der Waals surface area (Å²) in [5.41, 5.74) is 1.34. The highest BCUT2D eigenvalue weighted by atomic mass is 16.5. The van der Waals surface area contributed by atoms with Gasteiger partial charge in [0.2, 0.25) is 0 Å². The molecule has 0 aliphatic carbocycles. The summed E-state index contributed by atoms with van der Waals surface area (Å²) in [5.74, 6) is -0.101. The molecule has 0 heterocycles. The molecule has 0 spiro atoms. The first-order valence-corrected chi connectivity index (χ1v) is 3.87. The Balaban J connectivity index is 0.00000169. The van der Waals surface area contributed by atoms with E-state index >= 15 is 0 Å². The molecule has 1 rings (SSSR count). The summed E-state index contributed by atoms with van der Waals surface area (Å²) in [6, 6.07) is 5.07. The highest BCUT2D eigenvalue weighted by Gasteiger charge is 2.04. The minimum atomic E-state index is -0.422. The summed E-state index contributed by atoms with van der Waals surface area (Å²) in [4.78, 5) is 21.2.